The van der Waals surface area contributed by atoms with Crippen molar-refractivity contribution in [2.24, 2.45) is 0 Å². The third-order valence-corrected chi connectivity index (χ3v) is 9.64. The van der Waals surface area contributed by atoms with Gasteiger partial charge in [-0.3, -0.25) is 19.7 Å². The number of hydrogen-bond acceptors (Lipinski definition) is 10. The number of aromatic nitrogens is 4. The first-order valence-electron chi connectivity index (χ1n) is 16.0. The molecule has 4 heterocycles. The maximum absolute atomic E-state index is 11.5. The van der Waals surface area contributed by atoms with Crippen LogP contribution in [0.25, 0.3) is 33.6 Å². The monoisotopic (exact) mass is 691 g/mol. The lowest BCUT2D eigenvalue weighted by atomic mass is 9.98. The van der Waals surface area contributed by atoms with Gasteiger partial charge in [-0.15, -0.1) is 0 Å². The topological polar surface area (TPSA) is 124 Å². The molecule has 2 fully saturated rings. The van der Waals surface area contributed by atoms with E-state index in [1.54, 1.807) is 33.7 Å². The molecule has 2 aliphatic heterocycles. The Labute approximate surface area is 290 Å². The highest BCUT2D eigenvalue weighted by atomic mass is 35.5. The van der Waals surface area contributed by atoms with E-state index in [1.807, 2.05) is 36.4 Å². The highest BCUT2D eigenvalue weighted by Crippen LogP contribution is 2.42. The first-order chi connectivity index (χ1) is 23.4. The summed E-state index contributed by atoms with van der Waals surface area (Å²) in [5, 5.41) is 7.26. The van der Waals surface area contributed by atoms with Crippen LogP contribution in [0.3, 0.4) is 0 Å². The van der Waals surface area contributed by atoms with Crippen molar-refractivity contribution in [1.29, 1.82) is 0 Å². The van der Waals surface area contributed by atoms with Crippen LogP contribution in [-0.2, 0) is 22.6 Å². The average Bonchev–Trinajstić information content (AvgIpc) is 3.73. The number of ether oxygens (including phenoxy) is 3. The number of hydrogen-bond donors (Lipinski definition) is 2. The maximum atomic E-state index is 11.5. The second-order valence-corrected chi connectivity index (χ2v) is 12.7. The van der Waals surface area contributed by atoms with Gasteiger partial charge in [-0.2, -0.15) is 0 Å². The molecule has 0 bridgehead atoms. The number of halogens is 2. The van der Waals surface area contributed by atoms with E-state index in [1.165, 1.54) is 0 Å². The number of amides is 1. The van der Waals surface area contributed by atoms with Crippen molar-refractivity contribution in [1.82, 2.24) is 35.5 Å². The Kier molecular flexibility index (Phi) is 11.0. The lowest BCUT2D eigenvalue weighted by Crippen LogP contribution is -2.35. The van der Waals surface area contributed by atoms with Gasteiger partial charge in [0.2, 0.25) is 17.7 Å². The van der Waals surface area contributed by atoms with Gasteiger partial charge < -0.3 is 24.8 Å². The number of nitrogens with zero attached hydrogens (tertiary/aromatic N) is 5. The third-order valence-electron chi connectivity index (χ3n) is 8.83. The molecule has 2 aromatic heterocycles. The van der Waals surface area contributed by atoms with Crippen molar-refractivity contribution >= 4 is 29.1 Å². The molecule has 48 heavy (non-hydrogen) atoms. The molecule has 2 aliphatic rings. The van der Waals surface area contributed by atoms with Crippen LogP contribution in [0.2, 0.25) is 10.0 Å². The molecule has 2 N–H and O–H groups in total. The Morgan fingerprint density at radius 1 is 0.875 bits per heavy atom. The van der Waals surface area contributed by atoms with Gasteiger partial charge in [0.15, 0.2) is 0 Å². The second-order valence-electron chi connectivity index (χ2n) is 11.9. The maximum Gasteiger partial charge on any atom is 0.237 e. The van der Waals surface area contributed by atoms with E-state index in [4.69, 9.17) is 52.4 Å². The second kappa shape index (κ2) is 15.6. The molecule has 13 heteroatoms. The summed E-state index contributed by atoms with van der Waals surface area (Å²) in [7, 11) is 4.90. The summed E-state index contributed by atoms with van der Waals surface area (Å²) < 4.78 is 16.7. The molecule has 2 saturated heterocycles. The van der Waals surface area contributed by atoms with Crippen molar-refractivity contribution in [3.05, 3.63) is 70.2 Å². The summed E-state index contributed by atoms with van der Waals surface area (Å²) >= 11 is 14.1. The highest BCUT2D eigenvalue weighted by Gasteiger charge is 2.27. The van der Waals surface area contributed by atoms with Crippen LogP contribution in [-0.4, -0.2) is 83.9 Å². The zero-order chi connectivity index (χ0) is 33.6. The number of carbonyl (C=O) groups is 1. The summed E-state index contributed by atoms with van der Waals surface area (Å²) in [5.74, 6) is 0.948. The van der Waals surface area contributed by atoms with Crippen molar-refractivity contribution in [3.63, 3.8) is 0 Å². The fourth-order valence-electron chi connectivity index (χ4n) is 6.36. The minimum atomic E-state index is 0.0865. The molecular weight excluding hydrogens is 653 g/mol. The van der Waals surface area contributed by atoms with Crippen LogP contribution >= 0.6 is 23.2 Å². The Morgan fingerprint density at radius 2 is 1.48 bits per heavy atom. The number of rotatable bonds is 13. The van der Waals surface area contributed by atoms with Gasteiger partial charge in [-0.05, 0) is 25.8 Å². The van der Waals surface area contributed by atoms with Crippen LogP contribution in [0.5, 0.6) is 11.8 Å². The quantitative estimate of drug-likeness (QED) is 0.184. The molecule has 0 saturated carbocycles. The van der Waals surface area contributed by atoms with Crippen molar-refractivity contribution in [2.45, 2.75) is 50.9 Å². The van der Waals surface area contributed by atoms with E-state index < -0.39 is 0 Å². The predicted octanol–water partition coefficient (Wildman–Crippen LogP) is 5.57. The molecule has 6 rings (SSSR count). The van der Waals surface area contributed by atoms with Crippen LogP contribution in [0, 0.1) is 0 Å². The summed E-state index contributed by atoms with van der Waals surface area (Å²) in [4.78, 5) is 32.8. The Hall–Kier alpha value is -3.87. The Balaban J connectivity index is 1.24. The molecule has 11 nitrogen and oxygen atoms in total. The number of methoxy groups -OCH3 is 3. The van der Waals surface area contributed by atoms with Crippen LogP contribution in [0.4, 0.5) is 0 Å². The van der Waals surface area contributed by atoms with E-state index in [2.05, 4.69) is 20.5 Å². The van der Waals surface area contributed by atoms with Crippen molar-refractivity contribution < 1.29 is 19.0 Å². The van der Waals surface area contributed by atoms with Crippen molar-refractivity contribution in [3.8, 4) is 45.4 Å². The lowest BCUT2D eigenvalue weighted by Gasteiger charge is -2.24. The molecule has 1 amide bonds. The Morgan fingerprint density at radius 3 is 2.06 bits per heavy atom. The van der Waals surface area contributed by atoms with Gasteiger partial charge in [0, 0.05) is 67.5 Å². The zero-order valence-electron chi connectivity index (χ0n) is 27.3. The van der Waals surface area contributed by atoms with E-state index in [9.17, 15) is 4.79 Å². The van der Waals surface area contributed by atoms with E-state index >= 15 is 0 Å². The van der Waals surface area contributed by atoms with Gasteiger partial charge in [-0.25, -0.2) is 9.97 Å². The van der Waals surface area contributed by atoms with Crippen LogP contribution in [0.1, 0.15) is 37.1 Å². The van der Waals surface area contributed by atoms with Gasteiger partial charge in [0.05, 0.1) is 54.7 Å². The van der Waals surface area contributed by atoms with Gasteiger partial charge >= 0.3 is 0 Å². The molecular formula is C35H39Cl2N7O4. The minimum absolute atomic E-state index is 0.0865. The molecule has 0 aliphatic carbocycles. The molecule has 2 atom stereocenters. The highest BCUT2D eigenvalue weighted by molar-refractivity contribution is 6.39. The van der Waals surface area contributed by atoms with Gasteiger partial charge in [0.1, 0.15) is 11.4 Å². The number of nitrogens with one attached hydrogen (secondary N) is 2. The summed E-state index contributed by atoms with van der Waals surface area (Å²) in [5.41, 5.74) is 5.47. The average molecular weight is 693 g/mol. The molecule has 252 valence electrons. The van der Waals surface area contributed by atoms with E-state index in [-0.39, 0.29) is 11.9 Å². The van der Waals surface area contributed by atoms with Gasteiger partial charge in [-0.1, -0.05) is 59.6 Å². The first kappa shape index (κ1) is 34.0. The largest absolute Gasteiger partial charge is 0.480 e. The van der Waals surface area contributed by atoms with Gasteiger partial charge in [0.25, 0.3) is 0 Å². The number of benzene rings is 2. The van der Waals surface area contributed by atoms with E-state index in [0.717, 1.165) is 42.6 Å². The van der Waals surface area contributed by atoms with Crippen molar-refractivity contribution in [2.75, 3.05) is 41.0 Å². The first-order valence-corrected chi connectivity index (χ1v) is 16.8. The molecule has 0 radical (unpaired) electrons. The summed E-state index contributed by atoms with van der Waals surface area (Å²) in [6.45, 7) is 3.39. The molecule has 2 aromatic carbocycles. The number of carbonyl (C=O) groups excluding carboxylic acids is 1. The standard InChI is InChI=1S/C35H39Cl2N7O4/c1-46-20-22-7-6-14-44(22)19-30-35(48-3)43-28(18-40-30)26-11-5-9-24(33(26)37)23-8-4-10-25(32(23)36)27-17-39-29(34(42-27)47-2)16-38-15-21-12-13-31(45)41-21/h4-5,8-11,17-18,21-22,38H,6-7,12-16,19-20H2,1-3H3,(H,41,45)/t21?,22-/m0/s1. The number of likely N-dealkylation sites (tertiary alicyclic amines) is 1. The van der Waals surface area contributed by atoms with E-state index in [0.29, 0.717) is 88.7 Å². The summed E-state index contributed by atoms with van der Waals surface area (Å²) in [6.07, 6.45) is 7.02. The molecule has 4 aromatic rings. The lowest BCUT2D eigenvalue weighted by molar-refractivity contribution is -0.119. The predicted molar refractivity (Wildman–Crippen MR) is 185 cm³/mol. The van der Waals surface area contributed by atoms with Crippen LogP contribution < -0.4 is 20.1 Å². The van der Waals surface area contributed by atoms with Crippen LogP contribution in [0.15, 0.2) is 48.8 Å². The fourth-order valence-corrected chi connectivity index (χ4v) is 7.01. The minimum Gasteiger partial charge on any atom is -0.480 e. The fraction of sp³-hybridized carbons (Fsp3) is 0.400. The molecule has 1 unspecified atom stereocenters. The zero-order valence-corrected chi connectivity index (χ0v) is 28.8. The third kappa shape index (κ3) is 7.40. The summed E-state index contributed by atoms with van der Waals surface area (Å²) in [6, 6.07) is 11.9. The normalized spacial score (nSPS) is 17.9. The SMILES string of the molecule is COC[C@@H]1CCCN1Cc1ncc(-c2cccc(-c3cccc(-c4cnc(CNCC5CCC(=O)N5)c(OC)n4)c3Cl)c2Cl)nc1OC. The molecule has 0 spiro atoms. The smallest absolute Gasteiger partial charge is 0.237 e. The Bertz CT molecular complexity index is 1780.